The number of Topliss-reactive ketones (excluding diaryl/α,β-unsaturated/α-hetero) is 1. The molecule has 2 rings (SSSR count). The van der Waals surface area contributed by atoms with Gasteiger partial charge in [0.05, 0.1) is 36.0 Å². The predicted octanol–water partition coefficient (Wildman–Crippen LogP) is 5.18. The average Bonchev–Trinajstić information content (AvgIpc) is 3.10. The maximum atomic E-state index is 12.9. The Bertz CT molecular complexity index is 1130. The van der Waals surface area contributed by atoms with E-state index in [1.165, 1.54) is 6.08 Å². The molecule has 33 heavy (non-hydrogen) atoms. The first-order valence-electron chi connectivity index (χ1n) is 10.3. The normalized spacial score (nSPS) is 11.0. The van der Waals surface area contributed by atoms with Crippen molar-refractivity contribution in [3.63, 3.8) is 0 Å². The third-order valence-corrected chi connectivity index (χ3v) is 6.04. The molecule has 9 heteroatoms. The summed E-state index contributed by atoms with van der Waals surface area (Å²) in [4.78, 5) is 38.3. The van der Waals surface area contributed by atoms with Crippen molar-refractivity contribution in [1.82, 2.24) is 0 Å². The summed E-state index contributed by atoms with van der Waals surface area (Å²) in [6.07, 6.45) is 1.17. The van der Waals surface area contributed by atoms with Crippen LogP contribution < -0.4 is 4.74 Å². The van der Waals surface area contributed by atoms with E-state index in [-0.39, 0.29) is 35.6 Å². The molecule has 0 radical (unpaired) electrons. The number of hydrogen-bond acceptors (Lipinski definition) is 8. The molecule has 0 saturated carbocycles. The second kappa shape index (κ2) is 12.2. The highest BCUT2D eigenvalue weighted by atomic mass is 35.5. The topological polar surface area (TPSA) is 103 Å². The number of allylic oxidation sites excluding steroid dienone is 1. The summed E-state index contributed by atoms with van der Waals surface area (Å²) in [7, 11) is 0. The molecule has 0 N–H and O–H groups in total. The molecule has 0 unspecified atom stereocenters. The molecule has 0 amide bonds. The van der Waals surface area contributed by atoms with Crippen LogP contribution in [0.15, 0.2) is 23.8 Å². The molecule has 174 valence electrons. The van der Waals surface area contributed by atoms with Crippen molar-refractivity contribution in [1.29, 1.82) is 5.26 Å². The lowest BCUT2D eigenvalue weighted by Crippen LogP contribution is -2.12. The first-order chi connectivity index (χ1) is 15.8. The van der Waals surface area contributed by atoms with Gasteiger partial charge in [-0.1, -0.05) is 17.7 Å². The van der Waals surface area contributed by atoms with Gasteiger partial charge in [0.25, 0.3) is 0 Å². The molecule has 0 atom stereocenters. The van der Waals surface area contributed by atoms with Crippen LogP contribution in [0.5, 0.6) is 5.75 Å². The third kappa shape index (κ3) is 6.44. The van der Waals surface area contributed by atoms with Crippen molar-refractivity contribution in [2.45, 2.75) is 34.1 Å². The molecular weight excluding hydrogens is 466 g/mol. The predicted molar refractivity (Wildman–Crippen MR) is 126 cm³/mol. The van der Waals surface area contributed by atoms with E-state index in [1.807, 2.05) is 13.0 Å². The Kier molecular flexibility index (Phi) is 9.64. The van der Waals surface area contributed by atoms with Crippen LogP contribution in [-0.4, -0.2) is 37.5 Å². The molecule has 0 fully saturated rings. The molecule has 0 spiro atoms. The summed E-state index contributed by atoms with van der Waals surface area (Å²) >= 11 is 7.18. The number of nitriles is 1. The van der Waals surface area contributed by atoms with Crippen molar-refractivity contribution in [3.8, 4) is 11.8 Å². The lowest BCUT2D eigenvalue weighted by Gasteiger charge is -2.07. The van der Waals surface area contributed by atoms with Gasteiger partial charge in [-0.3, -0.25) is 4.79 Å². The quantitative estimate of drug-likeness (QED) is 0.257. The number of nitrogens with zero attached hydrogens (tertiary/aromatic N) is 1. The summed E-state index contributed by atoms with van der Waals surface area (Å²) in [6.45, 7) is 7.54. The number of ketones is 1. The highest BCUT2D eigenvalue weighted by molar-refractivity contribution is 7.14. The monoisotopic (exact) mass is 489 g/mol. The zero-order valence-corrected chi connectivity index (χ0v) is 20.4. The molecule has 1 aromatic heterocycles. The molecule has 1 aromatic carbocycles. The fourth-order valence-electron chi connectivity index (χ4n) is 3.02. The van der Waals surface area contributed by atoms with Crippen LogP contribution in [0, 0.1) is 18.3 Å². The Morgan fingerprint density at radius 1 is 1.09 bits per heavy atom. The minimum atomic E-state index is -0.634. The Labute approximate surface area is 201 Å². The minimum absolute atomic E-state index is 0.117. The van der Waals surface area contributed by atoms with Gasteiger partial charge < -0.3 is 14.2 Å². The van der Waals surface area contributed by atoms with E-state index >= 15 is 0 Å². The highest BCUT2D eigenvalue weighted by Gasteiger charge is 2.28. The maximum absolute atomic E-state index is 12.9. The molecule has 0 saturated heterocycles. The first kappa shape index (κ1) is 26.1. The van der Waals surface area contributed by atoms with Crippen LogP contribution in [0.25, 0.3) is 6.08 Å². The van der Waals surface area contributed by atoms with Crippen LogP contribution in [-0.2, 0) is 20.7 Å². The van der Waals surface area contributed by atoms with Crippen molar-refractivity contribution in [2.75, 3.05) is 19.8 Å². The van der Waals surface area contributed by atoms with Gasteiger partial charge in [-0.15, -0.1) is 11.3 Å². The molecule has 2 aromatic rings. The van der Waals surface area contributed by atoms with Crippen molar-refractivity contribution < 1.29 is 28.6 Å². The van der Waals surface area contributed by atoms with Crippen LogP contribution in [0.3, 0.4) is 0 Å². The van der Waals surface area contributed by atoms with Crippen LogP contribution in [0.4, 0.5) is 0 Å². The van der Waals surface area contributed by atoms with E-state index < -0.39 is 17.7 Å². The van der Waals surface area contributed by atoms with Crippen LogP contribution >= 0.6 is 22.9 Å². The van der Waals surface area contributed by atoms with Gasteiger partial charge in [-0.25, -0.2) is 9.59 Å². The summed E-state index contributed by atoms with van der Waals surface area (Å²) in [6, 6.07) is 6.83. The zero-order chi connectivity index (χ0) is 24.5. The second-order valence-corrected chi connectivity index (χ2v) is 8.20. The standard InChI is InChI=1S/C24H24ClNO6S/c1-5-30-19-9-8-15(11-17(19)25)10-16(13-26)18(27)12-20-21(23(28)31-6-2)14(4)22(33-20)24(29)32-7-3/h8-11H,5-7,12H2,1-4H3/b16-10+. The zero-order valence-electron chi connectivity index (χ0n) is 18.8. The molecule has 0 aliphatic carbocycles. The van der Waals surface area contributed by atoms with E-state index in [0.29, 0.717) is 33.4 Å². The highest BCUT2D eigenvalue weighted by Crippen LogP contribution is 2.31. The van der Waals surface area contributed by atoms with Crippen molar-refractivity contribution >= 4 is 46.7 Å². The molecule has 7 nitrogen and oxygen atoms in total. The first-order valence-corrected chi connectivity index (χ1v) is 11.5. The van der Waals surface area contributed by atoms with E-state index in [9.17, 15) is 19.6 Å². The van der Waals surface area contributed by atoms with Gasteiger partial charge >= 0.3 is 11.9 Å². The summed E-state index contributed by atoms with van der Waals surface area (Å²) in [5, 5.41) is 9.92. The van der Waals surface area contributed by atoms with Crippen LogP contribution in [0.1, 0.15) is 56.8 Å². The fourth-order valence-corrected chi connectivity index (χ4v) is 4.45. The average molecular weight is 490 g/mol. The van der Waals surface area contributed by atoms with E-state index in [1.54, 1.807) is 39.0 Å². The minimum Gasteiger partial charge on any atom is -0.492 e. The largest absolute Gasteiger partial charge is 0.492 e. The SMILES string of the molecule is CCOC(=O)c1sc(CC(=O)/C(C#N)=C/c2ccc(OCC)c(Cl)c2)c(C(=O)OCC)c1C. The number of hydrogen-bond donors (Lipinski definition) is 0. The Hall–Kier alpha value is -3.15. The van der Waals surface area contributed by atoms with Gasteiger partial charge in [-0.05, 0) is 57.0 Å². The number of thiophene rings is 1. The fraction of sp³-hybridized carbons (Fsp3) is 0.333. The summed E-state index contributed by atoms with van der Waals surface area (Å²) < 4.78 is 15.6. The molecule has 0 aliphatic rings. The van der Waals surface area contributed by atoms with E-state index in [2.05, 4.69) is 0 Å². The number of halogens is 1. The van der Waals surface area contributed by atoms with Crippen molar-refractivity contribution in [3.05, 3.63) is 55.2 Å². The lowest BCUT2D eigenvalue weighted by atomic mass is 10.0. The number of carbonyl (C=O) groups excluding carboxylic acids is 3. The molecule has 0 aliphatic heterocycles. The van der Waals surface area contributed by atoms with Gasteiger partial charge in [0.2, 0.25) is 0 Å². The van der Waals surface area contributed by atoms with E-state index in [0.717, 1.165) is 11.3 Å². The Morgan fingerprint density at radius 2 is 1.76 bits per heavy atom. The smallest absolute Gasteiger partial charge is 0.348 e. The summed E-state index contributed by atoms with van der Waals surface area (Å²) in [5.74, 6) is -1.22. The Morgan fingerprint density at radius 3 is 2.33 bits per heavy atom. The number of esters is 2. The molecule has 1 heterocycles. The summed E-state index contributed by atoms with van der Waals surface area (Å²) in [5.41, 5.74) is 0.974. The molecule has 0 bridgehead atoms. The second-order valence-electron chi connectivity index (χ2n) is 6.69. The maximum Gasteiger partial charge on any atom is 0.348 e. The number of carbonyl (C=O) groups is 3. The Balaban J connectivity index is 2.40. The van der Waals surface area contributed by atoms with Gasteiger partial charge in [0.15, 0.2) is 5.78 Å². The van der Waals surface area contributed by atoms with Crippen LogP contribution in [0.2, 0.25) is 5.02 Å². The third-order valence-electron chi connectivity index (χ3n) is 4.47. The van der Waals surface area contributed by atoms with Crippen molar-refractivity contribution in [2.24, 2.45) is 0 Å². The van der Waals surface area contributed by atoms with Gasteiger partial charge in [0.1, 0.15) is 16.7 Å². The number of benzene rings is 1. The lowest BCUT2D eigenvalue weighted by molar-refractivity contribution is -0.114. The number of rotatable bonds is 10. The molecular formula is C24H24ClNO6S. The van der Waals surface area contributed by atoms with Gasteiger partial charge in [-0.2, -0.15) is 5.26 Å². The van der Waals surface area contributed by atoms with Gasteiger partial charge in [0, 0.05) is 11.3 Å². The number of ether oxygens (including phenoxy) is 3. The van der Waals surface area contributed by atoms with E-state index in [4.69, 9.17) is 25.8 Å².